The van der Waals surface area contributed by atoms with Crippen LogP contribution in [0.1, 0.15) is 5.56 Å². The van der Waals surface area contributed by atoms with Crippen molar-refractivity contribution in [1.82, 2.24) is 15.0 Å². The molecule has 3 heterocycles. The standard InChI is InChI=1S/C18H13N5O2/c1-2-17(25)22-16-8-14-13(9-19-16)18(21-10-20-14)23-6-5-11-7-12(24)3-4-15(11)23/h1,3-4,7-10,24H,5-6H2,(H,19,22,25). The van der Waals surface area contributed by atoms with Crippen molar-refractivity contribution in [2.45, 2.75) is 6.42 Å². The van der Waals surface area contributed by atoms with Gasteiger partial charge < -0.3 is 10.0 Å². The van der Waals surface area contributed by atoms with Crippen molar-refractivity contribution in [2.24, 2.45) is 0 Å². The number of phenolic OH excluding ortho intramolecular Hbond substituents is 1. The topological polar surface area (TPSA) is 91.2 Å². The van der Waals surface area contributed by atoms with E-state index in [1.54, 1.807) is 24.4 Å². The lowest BCUT2D eigenvalue weighted by Gasteiger charge is -2.19. The minimum Gasteiger partial charge on any atom is -0.508 e. The number of hydrogen-bond donors (Lipinski definition) is 2. The Labute approximate surface area is 143 Å². The average molecular weight is 331 g/mol. The van der Waals surface area contributed by atoms with Crippen molar-refractivity contribution < 1.29 is 9.90 Å². The number of fused-ring (bicyclic) bond motifs is 2. The number of aromatic nitrogens is 3. The van der Waals surface area contributed by atoms with Crippen molar-refractivity contribution in [3.8, 4) is 18.1 Å². The summed E-state index contributed by atoms with van der Waals surface area (Å²) in [5, 5.41) is 12.9. The highest BCUT2D eigenvalue weighted by atomic mass is 16.3. The summed E-state index contributed by atoms with van der Waals surface area (Å²) >= 11 is 0. The van der Waals surface area contributed by atoms with Crippen LogP contribution in [-0.2, 0) is 11.2 Å². The van der Waals surface area contributed by atoms with E-state index in [-0.39, 0.29) is 5.75 Å². The van der Waals surface area contributed by atoms with Crippen LogP contribution >= 0.6 is 0 Å². The number of phenols is 1. The molecular formula is C18H13N5O2. The normalized spacial score (nSPS) is 12.7. The number of anilines is 3. The number of benzene rings is 1. The number of nitrogens with zero attached hydrogens (tertiary/aromatic N) is 4. The van der Waals surface area contributed by atoms with Crippen LogP contribution in [0.15, 0.2) is 36.8 Å². The van der Waals surface area contributed by atoms with Gasteiger partial charge in [0.1, 0.15) is 23.7 Å². The van der Waals surface area contributed by atoms with E-state index in [0.717, 1.165) is 35.4 Å². The van der Waals surface area contributed by atoms with Crippen LogP contribution in [0.4, 0.5) is 17.3 Å². The van der Waals surface area contributed by atoms with Gasteiger partial charge in [-0.15, -0.1) is 6.42 Å². The van der Waals surface area contributed by atoms with Gasteiger partial charge in [-0.2, -0.15) is 0 Å². The van der Waals surface area contributed by atoms with Gasteiger partial charge in [-0.3, -0.25) is 10.1 Å². The molecule has 0 aliphatic carbocycles. The van der Waals surface area contributed by atoms with E-state index in [0.29, 0.717) is 11.3 Å². The Morgan fingerprint density at radius 1 is 1.28 bits per heavy atom. The average Bonchev–Trinajstić information content (AvgIpc) is 3.03. The first-order valence-electron chi connectivity index (χ1n) is 7.63. The molecule has 7 nitrogen and oxygen atoms in total. The summed E-state index contributed by atoms with van der Waals surface area (Å²) in [4.78, 5) is 26.3. The number of rotatable bonds is 2. The monoisotopic (exact) mass is 331 g/mol. The highest BCUT2D eigenvalue weighted by Crippen LogP contribution is 2.37. The second-order valence-electron chi connectivity index (χ2n) is 5.60. The number of hydrogen-bond acceptors (Lipinski definition) is 6. The van der Waals surface area contributed by atoms with E-state index in [9.17, 15) is 9.90 Å². The van der Waals surface area contributed by atoms with Crippen LogP contribution in [0.25, 0.3) is 10.9 Å². The van der Waals surface area contributed by atoms with E-state index >= 15 is 0 Å². The fourth-order valence-corrected chi connectivity index (χ4v) is 2.98. The Bertz CT molecular complexity index is 1040. The first kappa shape index (κ1) is 14.9. The van der Waals surface area contributed by atoms with E-state index in [2.05, 4.69) is 25.2 Å². The second-order valence-corrected chi connectivity index (χ2v) is 5.60. The Morgan fingerprint density at radius 2 is 2.16 bits per heavy atom. The molecule has 2 aromatic heterocycles. The summed E-state index contributed by atoms with van der Waals surface area (Å²) in [6.45, 7) is 0.750. The first-order valence-corrected chi connectivity index (χ1v) is 7.63. The third-order valence-electron chi connectivity index (χ3n) is 4.09. The van der Waals surface area contributed by atoms with Crippen molar-refractivity contribution in [3.05, 3.63) is 42.4 Å². The van der Waals surface area contributed by atoms with Gasteiger partial charge in [0.05, 0.1) is 10.9 Å². The van der Waals surface area contributed by atoms with Crippen LogP contribution < -0.4 is 10.2 Å². The highest BCUT2D eigenvalue weighted by Gasteiger charge is 2.23. The zero-order valence-electron chi connectivity index (χ0n) is 13.1. The fourth-order valence-electron chi connectivity index (χ4n) is 2.98. The molecule has 122 valence electrons. The zero-order valence-corrected chi connectivity index (χ0v) is 13.1. The summed E-state index contributed by atoms with van der Waals surface area (Å²) in [5.74, 6) is 2.75. The number of nitrogens with one attached hydrogen (secondary N) is 1. The summed E-state index contributed by atoms with van der Waals surface area (Å²) in [6, 6.07) is 6.96. The predicted molar refractivity (Wildman–Crippen MR) is 93.6 cm³/mol. The maximum absolute atomic E-state index is 11.3. The molecule has 25 heavy (non-hydrogen) atoms. The molecule has 3 aromatic rings. The molecule has 0 atom stereocenters. The number of terminal acetylenes is 1. The van der Waals surface area contributed by atoms with E-state index in [1.165, 1.54) is 6.33 Å². The summed E-state index contributed by atoms with van der Waals surface area (Å²) < 4.78 is 0. The molecule has 1 aromatic carbocycles. The van der Waals surface area contributed by atoms with Gasteiger partial charge >= 0.3 is 5.91 Å². The van der Waals surface area contributed by atoms with Crippen LogP contribution in [0.3, 0.4) is 0 Å². The Morgan fingerprint density at radius 3 is 3.00 bits per heavy atom. The lowest BCUT2D eigenvalue weighted by molar-refractivity contribution is -0.111. The largest absolute Gasteiger partial charge is 0.508 e. The molecule has 2 N–H and O–H groups in total. The number of amides is 1. The molecule has 0 spiro atoms. The smallest absolute Gasteiger partial charge is 0.301 e. The van der Waals surface area contributed by atoms with E-state index in [1.807, 2.05) is 12.0 Å². The van der Waals surface area contributed by atoms with E-state index in [4.69, 9.17) is 6.42 Å². The maximum Gasteiger partial charge on any atom is 0.301 e. The summed E-state index contributed by atoms with van der Waals surface area (Å²) in [5.41, 5.74) is 2.72. The molecule has 1 amide bonds. The van der Waals surface area contributed by atoms with Crippen molar-refractivity contribution in [3.63, 3.8) is 0 Å². The molecule has 7 heteroatoms. The fraction of sp³-hybridized carbons (Fsp3) is 0.111. The van der Waals surface area contributed by atoms with Crippen LogP contribution in [-0.4, -0.2) is 32.5 Å². The number of carbonyl (C=O) groups is 1. The highest BCUT2D eigenvalue weighted by molar-refractivity contribution is 6.04. The van der Waals surface area contributed by atoms with E-state index < -0.39 is 5.91 Å². The number of aromatic hydroxyl groups is 1. The second kappa shape index (κ2) is 5.76. The molecule has 1 aliphatic rings. The predicted octanol–water partition coefficient (Wildman–Crippen LogP) is 2.00. The quantitative estimate of drug-likeness (QED) is 0.698. The molecule has 4 rings (SSSR count). The van der Waals surface area contributed by atoms with Crippen LogP contribution in [0.2, 0.25) is 0 Å². The van der Waals surface area contributed by atoms with Gasteiger partial charge in [-0.05, 0) is 36.1 Å². The minimum atomic E-state index is -0.561. The third-order valence-corrected chi connectivity index (χ3v) is 4.09. The minimum absolute atomic E-state index is 0.253. The number of carbonyl (C=O) groups excluding carboxylic acids is 1. The van der Waals surface area contributed by atoms with Gasteiger partial charge in [0, 0.05) is 24.5 Å². The van der Waals surface area contributed by atoms with Gasteiger partial charge in [0.15, 0.2) is 0 Å². The molecule has 0 unspecified atom stereocenters. The molecule has 1 aliphatic heterocycles. The van der Waals surface area contributed by atoms with Crippen LogP contribution in [0, 0.1) is 12.3 Å². The molecule has 0 saturated carbocycles. The van der Waals surface area contributed by atoms with Crippen molar-refractivity contribution in [2.75, 3.05) is 16.8 Å². The summed E-state index contributed by atoms with van der Waals surface area (Å²) in [7, 11) is 0. The van der Waals surface area contributed by atoms with Crippen LogP contribution in [0.5, 0.6) is 5.75 Å². The lowest BCUT2D eigenvalue weighted by atomic mass is 10.1. The zero-order chi connectivity index (χ0) is 17.4. The summed E-state index contributed by atoms with van der Waals surface area (Å²) in [6.07, 6.45) is 8.97. The molecule has 0 bridgehead atoms. The number of pyridine rings is 1. The maximum atomic E-state index is 11.3. The van der Waals surface area contributed by atoms with Gasteiger partial charge in [-0.1, -0.05) is 0 Å². The molecule has 0 radical (unpaired) electrons. The first-order chi connectivity index (χ1) is 12.2. The molecule has 0 saturated heterocycles. The SMILES string of the molecule is C#CC(=O)Nc1cc2ncnc(N3CCc4cc(O)ccc43)c2cn1. The third kappa shape index (κ3) is 2.60. The van der Waals surface area contributed by atoms with Gasteiger partial charge in [0.25, 0.3) is 0 Å². The Hall–Kier alpha value is -3.66. The van der Waals surface area contributed by atoms with Crippen molar-refractivity contribution >= 4 is 34.1 Å². The van der Waals surface area contributed by atoms with Crippen molar-refractivity contribution in [1.29, 1.82) is 0 Å². The Kier molecular flexibility index (Phi) is 3.43. The van der Waals surface area contributed by atoms with Gasteiger partial charge in [-0.25, -0.2) is 15.0 Å². The lowest BCUT2D eigenvalue weighted by Crippen LogP contribution is -2.15. The molecule has 0 fully saturated rings. The Balaban J connectivity index is 1.77. The molecular weight excluding hydrogens is 318 g/mol. The van der Waals surface area contributed by atoms with Gasteiger partial charge in [0.2, 0.25) is 0 Å².